The molecule has 1 fully saturated rings. The fourth-order valence-electron chi connectivity index (χ4n) is 4.52. The molecule has 4 rings (SSSR count). The highest BCUT2D eigenvalue weighted by molar-refractivity contribution is 5.89. The summed E-state index contributed by atoms with van der Waals surface area (Å²) in [6, 6.07) is 12.4. The van der Waals surface area contributed by atoms with Crippen molar-refractivity contribution in [2.75, 3.05) is 6.61 Å². The van der Waals surface area contributed by atoms with Crippen LogP contribution in [0.25, 0.3) is 11.1 Å². The first-order chi connectivity index (χ1) is 16.3. The van der Waals surface area contributed by atoms with E-state index in [1.165, 1.54) is 6.92 Å². The molecule has 7 nitrogen and oxygen atoms in total. The molecule has 0 saturated heterocycles. The molecule has 34 heavy (non-hydrogen) atoms. The minimum absolute atomic E-state index is 0.0344. The highest BCUT2D eigenvalue weighted by atomic mass is 19.3. The number of nitrogens with one attached hydrogen (secondary N) is 1. The lowest BCUT2D eigenvalue weighted by Crippen LogP contribution is -2.54. The number of carboxylic acid groups (broad SMARTS) is 1. The summed E-state index contributed by atoms with van der Waals surface area (Å²) in [7, 11) is 0. The maximum atomic E-state index is 13.2. The van der Waals surface area contributed by atoms with Gasteiger partial charge in [-0.2, -0.15) is 0 Å². The van der Waals surface area contributed by atoms with Crippen molar-refractivity contribution < 1.29 is 33.0 Å². The Morgan fingerprint density at radius 3 is 2.12 bits per heavy atom. The van der Waals surface area contributed by atoms with Crippen molar-refractivity contribution in [3.8, 4) is 11.1 Å². The topological polar surface area (TPSA) is 95.9 Å². The minimum atomic E-state index is -2.87. The molecule has 2 aliphatic carbocycles. The lowest BCUT2D eigenvalue weighted by molar-refractivity contribution is -0.151. The third-order valence-corrected chi connectivity index (χ3v) is 6.32. The molecule has 2 N–H and O–H groups in total. The molecule has 2 aliphatic rings. The van der Waals surface area contributed by atoms with E-state index in [-0.39, 0.29) is 18.6 Å². The molecule has 0 spiro atoms. The lowest BCUT2D eigenvalue weighted by atomic mass is 9.98. The van der Waals surface area contributed by atoms with Crippen LogP contribution >= 0.6 is 0 Å². The van der Waals surface area contributed by atoms with E-state index in [0.29, 0.717) is 12.8 Å². The maximum Gasteiger partial charge on any atom is 0.407 e. The van der Waals surface area contributed by atoms with Gasteiger partial charge in [0.1, 0.15) is 18.7 Å². The number of hydrogen-bond acceptors (Lipinski definition) is 4. The summed E-state index contributed by atoms with van der Waals surface area (Å²) in [6.45, 7) is 1.29. The van der Waals surface area contributed by atoms with E-state index in [1.54, 1.807) is 0 Å². The Kier molecular flexibility index (Phi) is 6.81. The number of amides is 2. The van der Waals surface area contributed by atoms with Gasteiger partial charge in [-0.25, -0.2) is 18.4 Å². The van der Waals surface area contributed by atoms with Crippen LogP contribution in [0.3, 0.4) is 0 Å². The van der Waals surface area contributed by atoms with Gasteiger partial charge in [0.25, 0.3) is 0 Å². The molecule has 2 atom stereocenters. The normalized spacial score (nSPS) is 16.4. The van der Waals surface area contributed by atoms with Crippen LogP contribution in [-0.2, 0) is 14.3 Å². The number of carboxylic acids is 1. The Labute approximate surface area is 195 Å². The van der Waals surface area contributed by atoms with Crippen LogP contribution in [0.1, 0.15) is 43.2 Å². The van der Waals surface area contributed by atoms with Gasteiger partial charge in [0.15, 0.2) is 0 Å². The van der Waals surface area contributed by atoms with Crippen molar-refractivity contribution in [2.45, 2.75) is 56.7 Å². The van der Waals surface area contributed by atoms with Gasteiger partial charge < -0.3 is 20.1 Å². The molecular formula is C25H26F2N2O5. The third kappa shape index (κ3) is 4.88. The second kappa shape index (κ2) is 9.79. The lowest BCUT2D eigenvalue weighted by Gasteiger charge is -2.30. The quantitative estimate of drug-likeness (QED) is 0.575. The van der Waals surface area contributed by atoms with Gasteiger partial charge in [-0.3, -0.25) is 4.79 Å². The monoisotopic (exact) mass is 472 g/mol. The number of nitrogens with zero attached hydrogens (tertiary/aromatic N) is 1. The fourth-order valence-corrected chi connectivity index (χ4v) is 4.52. The molecule has 0 aromatic heterocycles. The fraction of sp³-hybridized carbons (Fsp3) is 0.400. The molecule has 2 aromatic carbocycles. The van der Waals surface area contributed by atoms with E-state index in [9.17, 15) is 28.3 Å². The van der Waals surface area contributed by atoms with Crippen LogP contribution in [0.4, 0.5) is 13.6 Å². The number of carbonyl (C=O) groups is 3. The summed E-state index contributed by atoms with van der Waals surface area (Å²) >= 11 is 0. The Bertz CT molecular complexity index is 1040. The predicted molar refractivity (Wildman–Crippen MR) is 120 cm³/mol. The molecule has 2 aromatic rings. The molecule has 1 saturated carbocycles. The first kappa shape index (κ1) is 23.7. The van der Waals surface area contributed by atoms with Gasteiger partial charge in [0.05, 0.1) is 0 Å². The van der Waals surface area contributed by atoms with Gasteiger partial charge in [-0.15, -0.1) is 0 Å². The second-order valence-electron chi connectivity index (χ2n) is 8.64. The van der Waals surface area contributed by atoms with Crippen molar-refractivity contribution in [3.05, 3.63) is 59.7 Å². The predicted octanol–water partition coefficient (Wildman–Crippen LogP) is 4.01. The van der Waals surface area contributed by atoms with Crippen LogP contribution < -0.4 is 5.32 Å². The van der Waals surface area contributed by atoms with Crippen molar-refractivity contribution in [2.24, 2.45) is 0 Å². The van der Waals surface area contributed by atoms with Gasteiger partial charge in [0, 0.05) is 18.4 Å². The highest BCUT2D eigenvalue weighted by Crippen LogP contribution is 2.44. The zero-order valence-corrected chi connectivity index (χ0v) is 18.6. The van der Waals surface area contributed by atoms with E-state index in [4.69, 9.17) is 4.74 Å². The number of rotatable bonds is 9. The van der Waals surface area contributed by atoms with E-state index >= 15 is 0 Å². The molecule has 9 heteroatoms. The van der Waals surface area contributed by atoms with Crippen LogP contribution in [-0.4, -0.2) is 59.1 Å². The van der Waals surface area contributed by atoms with E-state index in [0.717, 1.165) is 27.2 Å². The molecule has 2 amide bonds. The number of aliphatic carboxylic acids is 1. The van der Waals surface area contributed by atoms with E-state index < -0.39 is 42.9 Å². The van der Waals surface area contributed by atoms with Crippen molar-refractivity contribution in [1.82, 2.24) is 10.2 Å². The van der Waals surface area contributed by atoms with Crippen LogP contribution in [0, 0.1) is 0 Å². The SMILES string of the molecule is CC(C(=O)O)N(C(=O)C(CC(F)F)NC(=O)OCC1c2ccccc2-c2ccccc21)C1CC1. The number of benzene rings is 2. The summed E-state index contributed by atoms with van der Waals surface area (Å²) < 4.78 is 31.8. The highest BCUT2D eigenvalue weighted by Gasteiger charge is 2.42. The number of carbonyl (C=O) groups excluding carboxylic acids is 2. The van der Waals surface area contributed by atoms with Gasteiger partial charge >= 0.3 is 12.1 Å². The second-order valence-corrected chi connectivity index (χ2v) is 8.64. The first-order valence-electron chi connectivity index (χ1n) is 11.2. The van der Waals surface area contributed by atoms with E-state index in [1.807, 2.05) is 48.5 Å². The van der Waals surface area contributed by atoms with E-state index in [2.05, 4.69) is 5.32 Å². The molecule has 180 valence electrons. The summed E-state index contributed by atoms with van der Waals surface area (Å²) in [5.74, 6) is -2.30. The first-order valence-corrected chi connectivity index (χ1v) is 11.2. The number of alkyl carbamates (subject to hydrolysis) is 1. The van der Waals surface area contributed by atoms with Crippen LogP contribution in [0.5, 0.6) is 0 Å². The number of fused-ring (bicyclic) bond motifs is 3. The Morgan fingerprint density at radius 2 is 1.62 bits per heavy atom. The average molecular weight is 472 g/mol. The molecule has 0 heterocycles. The Balaban J connectivity index is 1.46. The smallest absolute Gasteiger partial charge is 0.407 e. The molecular weight excluding hydrogens is 446 g/mol. The zero-order chi connectivity index (χ0) is 24.4. The molecule has 0 bridgehead atoms. The van der Waals surface area contributed by atoms with Crippen LogP contribution in [0.2, 0.25) is 0 Å². The van der Waals surface area contributed by atoms with Crippen LogP contribution in [0.15, 0.2) is 48.5 Å². The standard InChI is InChI=1S/C25H26F2N2O5/c1-14(24(31)32)29(15-10-11-15)23(30)21(12-22(26)27)28-25(33)34-13-20-18-8-4-2-6-16(18)17-7-3-5-9-19(17)20/h2-9,14-15,20-22H,10-13H2,1H3,(H,28,33)(H,31,32). The summed E-state index contributed by atoms with van der Waals surface area (Å²) in [6.07, 6.45) is -3.62. The molecule has 0 radical (unpaired) electrons. The van der Waals surface area contributed by atoms with Gasteiger partial charge in [-0.1, -0.05) is 48.5 Å². The van der Waals surface area contributed by atoms with Crippen molar-refractivity contribution in [3.63, 3.8) is 0 Å². The number of halogens is 2. The zero-order valence-electron chi connectivity index (χ0n) is 18.6. The number of hydrogen-bond donors (Lipinski definition) is 2. The minimum Gasteiger partial charge on any atom is -0.480 e. The Morgan fingerprint density at radius 1 is 1.06 bits per heavy atom. The number of ether oxygens (including phenoxy) is 1. The largest absolute Gasteiger partial charge is 0.480 e. The molecule has 0 aliphatic heterocycles. The summed E-state index contributed by atoms with van der Waals surface area (Å²) in [5.41, 5.74) is 4.07. The van der Waals surface area contributed by atoms with Crippen molar-refractivity contribution >= 4 is 18.0 Å². The maximum absolute atomic E-state index is 13.2. The van der Waals surface area contributed by atoms with Crippen molar-refractivity contribution in [1.29, 1.82) is 0 Å². The average Bonchev–Trinajstić information content (AvgIpc) is 3.59. The third-order valence-electron chi connectivity index (χ3n) is 6.32. The summed E-state index contributed by atoms with van der Waals surface area (Å²) in [5, 5.41) is 11.6. The summed E-state index contributed by atoms with van der Waals surface area (Å²) in [4.78, 5) is 38.1. The van der Waals surface area contributed by atoms with Gasteiger partial charge in [-0.05, 0) is 42.0 Å². The molecule has 2 unspecified atom stereocenters. The number of alkyl halides is 2. The Hall–Kier alpha value is -3.49. The van der Waals surface area contributed by atoms with Gasteiger partial charge in [0.2, 0.25) is 12.3 Å².